The number of amides is 1. The monoisotopic (exact) mass is 468 g/mol. The number of aromatic nitrogens is 3. The van der Waals surface area contributed by atoms with Gasteiger partial charge in [-0.25, -0.2) is 4.79 Å². The van der Waals surface area contributed by atoms with Crippen molar-refractivity contribution in [2.75, 3.05) is 13.1 Å². The van der Waals surface area contributed by atoms with E-state index in [1.807, 2.05) is 37.9 Å². The lowest BCUT2D eigenvalue weighted by molar-refractivity contribution is 0.0169. The smallest absolute Gasteiger partial charge is 0.410 e. The van der Waals surface area contributed by atoms with Crippen LogP contribution in [0.1, 0.15) is 45.2 Å². The van der Waals surface area contributed by atoms with Crippen LogP contribution in [0.2, 0.25) is 0 Å². The molecule has 1 amide bonds. The van der Waals surface area contributed by atoms with Gasteiger partial charge in [-0.2, -0.15) is 5.10 Å². The molecular formula is C29H32N4O2. The number of ether oxygens (including phenoxy) is 1. The van der Waals surface area contributed by atoms with Crippen molar-refractivity contribution in [3.8, 4) is 22.4 Å². The van der Waals surface area contributed by atoms with E-state index in [2.05, 4.69) is 65.1 Å². The lowest BCUT2D eigenvalue weighted by Crippen LogP contribution is -2.43. The Morgan fingerprint density at radius 3 is 2.54 bits per heavy atom. The molecule has 1 atom stereocenters. The van der Waals surface area contributed by atoms with Crippen molar-refractivity contribution in [2.24, 2.45) is 0 Å². The maximum Gasteiger partial charge on any atom is 0.410 e. The van der Waals surface area contributed by atoms with Gasteiger partial charge in [-0.15, -0.1) is 0 Å². The van der Waals surface area contributed by atoms with Gasteiger partial charge in [-0.1, -0.05) is 54.1 Å². The van der Waals surface area contributed by atoms with E-state index in [9.17, 15) is 4.79 Å². The average Bonchev–Trinajstić information content (AvgIpc) is 3.23. The molecule has 3 heterocycles. The molecule has 0 saturated carbocycles. The van der Waals surface area contributed by atoms with Crippen LogP contribution in [-0.4, -0.2) is 44.4 Å². The number of rotatable bonds is 3. The van der Waals surface area contributed by atoms with Crippen LogP contribution >= 0.6 is 0 Å². The second-order valence-corrected chi connectivity index (χ2v) is 10.4. The van der Waals surface area contributed by atoms with Crippen LogP contribution in [0.3, 0.4) is 0 Å². The Hall–Kier alpha value is -3.67. The first-order valence-electron chi connectivity index (χ1n) is 12.3. The van der Waals surface area contributed by atoms with Crippen molar-refractivity contribution in [3.63, 3.8) is 0 Å². The van der Waals surface area contributed by atoms with Gasteiger partial charge in [0, 0.05) is 36.4 Å². The topological polar surface area (TPSA) is 60.2 Å². The first-order valence-corrected chi connectivity index (χ1v) is 12.3. The summed E-state index contributed by atoms with van der Waals surface area (Å²) in [5.74, 6) is 0. The molecule has 35 heavy (non-hydrogen) atoms. The van der Waals surface area contributed by atoms with Crippen molar-refractivity contribution in [3.05, 3.63) is 72.6 Å². The largest absolute Gasteiger partial charge is 0.444 e. The molecular weight excluding hydrogens is 436 g/mol. The molecule has 0 bridgehead atoms. The molecule has 1 unspecified atom stereocenters. The Kier molecular flexibility index (Phi) is 6.05. The van der Waals surface area contributed by atoms with Gasteiger partial charge in [0.05, 0.1) is 11.6 Å². The lowest BCUT2D eigenvalue weighted by atomic mass is 10.0. The minimum absolute atomic E-state index is 0.0847. The molecule has 0 spiro atoms. The summed E-state index contributed by atoms with van der Waals surface area (Å²) in [5, 5.41) is 6.08. The van der Waals surface area contributed by atoms with E-state index in [0.29, 0.717) is 13.1 Å². The van der Waals surface area contributed by atoms with Gasteiger partial charge in [0.25, 0.3) is 0 Å². The first-order chi connectivity index (χ1) is 16.8. The second-order valence-electron chi connectivity index (χ2n) is 10.4. The van der Waals surface area contributed by atoms with Gasteiger partial charge in [0.1, 0.15) is 11.3 Å². The van der Waals surface area contributed by atoms with Gasteiger partial charge >= 0.3 is 6.09 Å². The Morgan fingerprint density at radius 2 is 1.80 bits per heavy atom. The van der Waals surface area contributed by atoms with Crippen LogP contribution in [0.25, 0.3) is 33.3 Å². The number of carbonyl (C=O) groups excluding carboxylic acids is 1. The van der Waals surface area contributed by atoms with E-state index in [1.165, 1.54) is 16.7 Å². The minimum atomic E-state index is -0.508. The van der Waals surface area contributed by atoms with Crippen LogP contribution in [0.4, 0.5) is 4.79 Å². The zero-order valence-electron chi connectivity index (χ0n) is 20.9. The zero-order valence-corrected chi connectivity index (χ0v) is 20.9. The highest BCUT2D eigenvalue weighted by atomic mass is 16.6. The summed E-state index contributed by atoms with van der Waals surface area (Å²) >= 11 is 0. The molecule has 1 fully saturated rings. The van der Waals surface area contributed by atoms with Crippen molar-refractivity contribution < 1.29 is 9.53 Å². The average molecular weight is 469 g/mol. The summed E-state index contributed by atoms with van der Waals surface area (Å²) in [6.07, 6.45) is 5.31. The zero-order chi connectivity index (χ0) is 24.6. The molecule has 0 radical (unpaired) electrons. The lowest BCUT2D eigenvalue weighted by Gasteiger charge is -2.34. The number of pyridine rings is 1. The molecule has 2 aromatic heterocycles. The van der Waals surface area contributed by atoms with Gasteiger partial charge in [-0.05, 0) is 57.7 Å². The molecule has 1 aliphatic heterocycles. The van der Waals surface area contributed by atoms with E-state index in [0.717, 1.165) is 35.0 Å². The summed E-state index contributed by atoms with van der Waals surface area (Å²) in [7, 11) is 0. The third kappa shape index (κ3) is 4.92. The molecule has 1 saturated heterocycles. The Bertz CT molecular complexity index is 1350. The van der Waals surface area contributed by atoms with E-state index in [4.69, 9.17) is 9.84 Å². The molecule has 0 N–H and O–H groups in total. The Labute approximate surface area is 206 Å². The van der Waals surface area contributed by atoms with Crippen LogP contribution < -0.4 is 0 Å². The highest BCUT2D eigenvalue weighted by Gasteiger charge is 2.30. The van der Waals surface area contributed by atoms with Gasteiger partial charge in [0.2, 0.25) is 0 Å². The fourth-order valence-electron chi connectivity index (χ4n) is 4.77. The summed E-state index contributed by atoms with van der Waals surface area (Å²) in [4.78, 5) is 18.9. The van der Waals surface area contributed by atoms with Gasteiger partial charge in [0.15, 0.2) is 0 Å². The predicted molar refractivity (Wildman–Crippen MR) is 139 cm³/mol. The highest BCUT2D eigenvalue weighted by molar-refractivity contribution is 5.93. The van der Waals surface area contributed by atoms with Crippen molar-refractivity contribution in [2.45, 2.75) is 52.2 Å². The number of piperidine rings is 1. The maximum absolute atomic E-state index is 12.7. The van der Waals surface area contributed by atoms with Crippen molar-refractivity contribution in [1.29, 1.82) is 0 Å². The van der Waals surface area contributed by atoms with Gasteiger partial charge in [-0.3, -0.25) is 9.67 Å². The summed E-state index contributed by atoms with van der Waals surface area (Å²) in [5.41, 5.74) is 6.13. The number of aryl methyl sites for hydroxylation is 1. The maximum atomic E-state index is 12.7. The number of carbonyl (C=O) groups is 1. The number of fused-ring (bicyclic) bond motifs is 1. The molecule has 0 aliphatic carbocycles. The number of hydrogen-bond donors (Lipinski definition) is 0. The standard InChI is InChI=1S/C29H32N4O2/c1-20-7-5-8-23(17-20)21-10-12-22(13-11-21)27-25-18-30-15-14-26(25)33(31-27)24-9-6-16-32(19-24)28(34)35-29(2,3)4/h5,7-8,10-15,17-18,24H,6,9,16,19H2,1-4H3. The number of hydrogen-bond acceptors (Lipinski definition) is 4. The molecule has 6 nitrogen and oxygen atoms in total. The highest BCUT2D eigenvalue weighted by Crippen LogP contribution is 2.33. The van der Waals surface area contributed by atoms with Crippen LogP contribution in [0, 0.1) is 6.92 Å². The number of likely N-dealkylation sites (tertiary alicyclic amines) is 1. The fraction of sp³-hybridized carbons (Fsp3) is 0.345. The van der Waals surface area contributed by atoms with Crippen molar-refractivity contribution >= 4 is 17.0 Å². The SMILES string of the molecule is Cc1cccc(-c2ccc(-c3nn(C4CCCN(C(=O)OC(C)(C)C)C4)c4ccncc34)cc2)c1. The minimum Gasteiger partial charge on any atom is -0.444 e. The Balaban J connectivity index is 1.46. The molecule has 2 aromatic carbocycles. The van der Waals surface area contributed by atoms with Crippen LogP contribution in [-0.2, 0) is 4.74 Å². The normalized spacial score (nSPS) is 16.5. The third-order valence-electron chi connectivity index (χ3n) is 6.41. The van der Waals surface area contributed by atoms with E-state index in [-0.39, 0.29) is 12.1 Å². The summed E-state index contributed by atoms with van der Waals surface area (Å²) in [6.45, 7) is 9.10. The van der Waals surface area contributed by atoms with Crippen LogP contribution in [0.5, 0.6) is 0 Å². The Morgan fingerprint density at radius 1 is 1.03 bits per heavy atom. The predicted octanol–water partition coefficient (Wildman–Crippen LogP) is 6.65. The van der Waals surface area contributed by atoms with Gasteiger partial charge < -0.3 is 9.64 Å². The summed E-state index contributed by atoms with van der Waals surface area (Å²) in [6, 6.07) is 19.2. The molecule has 180 valence electrons. The number of benzene rings is 2. The second kappa shape index (κ2) is 9.17. The van der Waals surface area contributed by atoms with Crippen molar-refractivity contribution in [1.82, 2.24) is 19.7 Å². The fourth-order valence-corrected chi connectivity index (χ4v) is 4.77. The molecule has 6 heteroatoms. The quantitative estimate of drug-likeness (QED) is 0.338. The number of nitrogens with zero attached hydrogens (tertiary/aromatic N) is 4. The van der Waals surface area contributed by atoms with Crippen LogP contribution in [0.15, 0.2) is 67.0 Å². The summed E-state index contributed by atoms with van der Waals surface area (Å²) < 4.78 is 7.71. The first kappa shape index (κ1) is 23.1. The van der Waals surface area contributed by atoms with E-state index >= 15 is 0 Å². The van der Waals surface area contributed by atoms with E-state index < -0.39 is 5.60 Å². The third-order valence-corrected chi connectivity index (χ3v) is 6.41. The molecule has 1 aliphatic rings. The molecule has 5 rings (SSSR count). The molecule has 4 aromatic rings. The van der Waals surface area contributed by atoms with E-state index in [1.54, 1.807) is 6.20 Å².